The van der Waals surface area contributed by atoms with Crippen LogP contribution in [0.4, 0.5) is 0 Å². The summed E-state index contributed by atoms with van der Waals surface area (Å²) >= 11 is 0. The van der Waals surface area contributed by atoms with E-state index >= 15 is 0 Å². The van der Waals surface area contributed by atoms with E-state index in [2.05, 4.69) is 15.1 Å². The SMILES string of the molecule is C[n+]1cc2[nH]cnc2c(=O)[nH]1. The van der Waals surface area contributed by atoms with Crippen LogP contribution < -0.4 is 10.2 Å². The molecular formula is C6H7N4O+. The van der Waals surface area contributed by atoms with E-state index in [-0.39, 0.29) is 5.56 Å². The first kappa shape index (κ1) is 6.09. The van der Waals surface area contributed by atoms with E-state index in [1.807, 2.05) is 0 Å². The highest BCUT2D eigenvalue weighted by atomic mass is 16.1. The number of aromatic amines is 2. The Morgan fingerprint density at radius 1 is 1.64 bits per heavy atom. The molecule has 0 aliphatic heterocycles. The Morgan fingerprint density at radius 2 is 2.45 bits per heavy atom. The van der Waals surface area contributed by atoms with Gasteiger partial charge in [0.1, 0.15) is 5.52 Å². The zero-order valence-electron chi connectivity index (χ0n) is 5.96. The van der Waals surface area contributed by atoms with E-state index in [9.17, 15) is 4.79 Å². The smallest absolute Gasteiger partial charge is 0.325 e. The minimum atomic E-state index is -0.175. The summed E-state index contributed by atoms with van der Waals surface area (Å²) in [5, 5.41) is 2.58. The molecule has 2 aromatic rings. The standard InChI is InChI=1S/C6H6N4O/c1-10-2-4-5(6(11)9-10)8-3-7-4/h2-3H,1H3,(H,9,11)/p+1. The summed E-state index contributed by atoms with van der Waals surface area (Å²) in [5.74, 6) is 0. The largest absolute Gasteiger partial charge is 0.339 e. The maximum atomic E-state index is 11.1. The lowest BCUT2D eigenvalue weighted by Gasteiger charge is -1.84. The Kier molecular flexibility index (Phi) is 1.06. The van der Waals surface area contributed by atoms with Crippen molar-refractivity contribution < 1.29 is 4.68 Å². The third-order valence-corrected chi connectivity index (χ3v) is 1.48. The molecule has 2 aromatic heterocycles. The molecule has 0 fully saturated rings. The average Bonchev–Trinajstić information content (AvgIpc) is 2.34. The van der Waals surface area contributed by atoms with Crippen LogP contribution in [0.2, 0.25) is 0 Å². The molecule has 5 heteroatoms. The lowest BCUT2D eigenvalue weighted by molar-refractivity contribution is -0.730. The van der Waals surface area contributed by atoms with E-state index in [1.54, 1.807) is 17.9 Å². The zero-order valence-corrected chi connectivity index (χ0v) is 5.96. The van der Waals surface area contributed by atoms with Gasteiger partial charge in [-0.3, -0.25) is 4.79 Å². The van der Waals surface area contributed by atoms with E-state index in [0.29, 0.717) is 5.52 Å². The van der Waals surface area contributed by atoms with Crippen molar-refractivity contribution in [1.82, 2.24) is 15.1 Å². The Hall–Kier alpha value is -1.65. The summed E-state index contributed by atoms with van der Waals surface area (Å²) in [6.45, 7) is 0. The van der Waals surface area contributed by atoms with Gasteiger partial charge in [0.05, 0.1) is 6.33 Å². The number of H-pyrrole nitrogens is 2. The van der Waals surface area contributed by atoms with Gasteiger partial charge in [0.15, 0.2) is 12.6 Å². The Morgan fingerprint density at radius 3 is 3.27 bits per heavy atom. The second-order valence-electron chi connectivity index (χ2n) is 2.35. The van der Waals surface area contributed by atoms with E-state index < -0.39 is 0 Å². The number of fused-ring (bicyclic) bond motifs is 1. The fourth-order valence-corrected chi connectivity index (χ4v) is 1.02. The van der Waals surface area contributed by atoms with Crippen LogP contribution in [0.25, 0.3) is 11.0 Å². The predicted octanol–water partition coefficient (Wildman–Crippen LogP) is -0.924. The van der Waals surface area contributed by atoms with Crippen molar-refractivity contribution in [2.45, 2.75) is 0 Å². The molecule has 2 heterocycles. The topological polar surface area (TPSA) is 65.4 Å². The van der Waals surface area contributed by atoms with Gasteiger partial charge in [-0.05, 0) is 0 Å². The summed E-state index contributed by atoms with van der Waals surface area (Å²) < 4.78 is 1.59. The summed E-state index contributed by atoms with van der Waals surface area (Å²) in [7, 11) is 1.75. The third kappa shape index (κ3) is 0.813. The van der Waals surface area contributed by atoms with Gasteiger partial charge in [0, 0.05) is 0 Å². The molecule has 0 spiro atoms. The monoisotopic (exact) mass is 151 g/mol. The molecule has 2 N–H and O–H groups in total. The summed E-state index contributed by atoms with van der Waals surface area (Å²) in [4.78, 5) is 17.8. The van der Waals surface area contributed by atoms with Crippen molar-refractivity contribution in [3.63, 3.8) is 0 Å². The molecule has 0 aromatic carbocycles. The second-order valence-corrected chi connectivity index (χ2v) is 2.35. The van der Waals surface area contributed by atoms with Gasteiger partial charge in [-0.1, -0.05) is 0 Å². The molecule has 0 aliphatic rings. The van der Waals surface area contributed by atoms with Crippen LogP contribution in [0, 0.1) is 0 Å². The minimum absolute atomic E-state index is 0.175. The van der Waals surface area contributed by atoms with Gasteiger partial charge in [0.2, 0.25) is 6.20 Å². The van der Waals surface area contributed by atoms with E-state index in [0.717, 1.165) is 5.52 Å². The molecule has 0 bridgehead atoms. The Bertz CT molecular complexity index is 441. The van der Waals surface area contributed by atoms with Crippen LogP contribution in [-0.4, -0.2) is 15.1 Å². The number of rotatable bonds is 0. The summed E-state index contributed by atoms with van der Waals surface area (Å²) in [5.41, 5.74) is 1.02. The van der Waals surface area contributed by atoms with Gasteiger partial charge in [0.25, 0.3) is 0 Å². The maximum Gasteiger partial charge on any atom is 0.325 e. The Balaban J connectivity index is 3.02. The van der Waals surface area contributed by atoms with Crippen LogP contribution in [0.3, 0.4) is 0 Å². The molecule has 5 nitrogen and oxygen atoms in total. The molecule has 0 unspecified atom stereocenters. The number of aryl methyl sites for hydroxylation is 1. The van der Waals surface area contributed by atoms with Crippen LogP contribution in [-0.2, 0) is 7.05 Å². The number of nitrogens with zero attached hydrogens (tertiary/aromatic N) is 2. The Labute approximate surface area is 61.7 Å². The second kappa shape index (κ2) is 1.91. The first-order valence-corrected chi connectivity index (χ1v) is 3.19. The summed E-state index contributed by atoms with van der Waals surface area (Å²) in [6.07, 6.45) is 3.27. The van der Waals surface area contributed by atoms with Gasteiger partial charge < -0.3 is 4.98 Å². The molecule has 0 saturated carbocycles. The lowest BCUT2D eigenvalue weighted by atomic mass is 10.5. The highest BCUT2D eigenvalue weighted by Gasteiger charge is 2.04. The molecule has 11 heavy (non-hydrogen) atoms. The molecule has 2 rings (SSSR count). The molecule has 56 valence electrons. The fourth-order valence-electron chi connectivity index (χ4n) is 1.02. The van der Waals surface area contributed by atoms with Crippen molar-refractivity contribution >= 4 is 11.0 Å². The lowest BCUT2D eigenvalue weighted by Crippen LogP contribution is -2.38. The van der Waals surface area contributed by atoms with Crippen LogP contribution in [0.5, 0.6) is 0 Å². The van der Waals surface area contributed by atoms with Crippen molar-refractivity contribution in [3.8, 4) is 0 Å². The van der Waals surface area contributed by atoms with Gasteiger partial charge in [-0.25, -0.2) is 4.98 Å². The van der Waals surface area contributed by atoms with Crippen molar-refractivity contribution in [2.24, 2.45) is 7.05 Å². The van der Waals surface area contributed by atoms with Gasteiger partial charge in [-0.2, -0.15) is 0 Å². The van der Waals surface area contributed by atoms with Gasteiger partial charge >= 0.3 is 5.56 Å². The summed E-state index contributed by atoms with van der Waals surface area (Å²) in [6, 6.07) is 0. The molecule has 0 radical (unpaired) electrons. The predicted molar refractivity (Wildman–Crippen MR) is 37.9 cm³/mol. The normalized spacial score (nSPS) is 10.6. The van der Waals surface area contributed by atoms with Crippen LogP contribution >= 0.6 is 0 Å². The molecular weight excluding hydrogens is 144 g/mol. The number of aromatic nitrogens is 4. The molecule has 0 amide bonds. The molecule has 0 aliphatic carbocycles. The molecule has 0 saturated heterocycles. The average molecular weight is 151 g/mol. The van der Waals surface area contributed by atoms with Crippen LogP contribution in [0.15, 0.2) is 17.3 Å². The van der Waals surface area contributed by atoms with Gasteiger partial charge in [-0.15, -0.1) is 9.78 Å². The first-order valence-electron chi connectivity index (χ1n) is 3.19. The maximum absolute atomic E-state index is 11.1. The number of hydrogen-bond donors (Lipinski definition) is 2. The van der Waals surface area contributed by atoms with E-state index in [4.69, 9.17) is 0 Å². The van der Waals surface area contributed by atoms with Crippen molar-refractivity contribution in [3.05, 3.63) is 22.9 Å². The highest BCUT2D eigenvalue weighted by molar-refractivity contribution is 5.70. The fraction of sp³-hybridized carbons (Fsp3) is 0.167. The minimum Gasteiger partial charge on any atom is -0.339 e. The highest BCUT2D eigenvalue weighted by Crippen LogP contribution is 1.95. The molecule has 0 atom stereocenters. The number of nitrogens with one attached hydrogen (secondary N) is 2. The van der Waals surface area contributed by atoms with Crippen LogP contribution in [0.1, 0.15) is 0 Å². The number of hydrogen-bond acceptors (Lipinski definition) is 2. The van der Waals surface area contributed by atoms with Crippen molar-refractivity contribution in [1.29, 1.82) is 0 Å². The number of imidazole rings is 1. The zero-order chi connectivity index (χ0) is 7.84. The van der Waals surface area contributed by atoms with E-state index in [1.165, 1.54) is 6.33 Å². The third-order valence-electron chi connectivity index (χ3n) is 1.48. The quantitative estimate of drug-likeness (QED) is 0.478. The first-order chi connectivity index (χ1) is 5.27. The van der Waals surface area contributed by atoms with Crippen molar-refractivity contribution in [2.75, 3.05) is 0 Å².